The molecule has 0 aromatic carbocycles. The van der Waals surface area contributed by atoms with Gasteiger partial charge in [-0.15, -0.1) is 0 Å². The molecule has 0 aromatic rings. The molecular weight excluding hydrogens is 290 g/mol. The Labute approximate surface area is 130 Å². The molecule has 5 nitrogen and oxygen atoms in total. The molecule has 0 N–H and O–H groups in total. The van der Waals surface area contributed by atoms with Crippen LogP contribution >= 0.6 is 11.8 Å². The highest BCUT2D eigenvalue weighted by Crippen LogP contribution is 2.22. The van der Waals surface area contributed by atoms with E-state index in [1.807, 2.05) is 20.8 Å². The number of thioether (sulfide) groups is 1. The molecule has 1 rings (SSSR count). The van der Waals surface area contributed by atoms with Gasteiger partial charge in [0.05, 0.1) is 0 Å². The fourth-order valence-corrected chi connectivity index (χ4v) is 2.84. The van der Waals surface area contributed by atoms with Gasteiger partial charge >= 0.3 is 5.97 Å². The summed E-state index contributed by atoms with van der Waals surface area (Å²) in [5, 5.41) is 0.0650. The van der Waals surface area contributed by atoms with Crippen LogP contribution in [0.4, 0.5) is 0 Å². The first-order valence-corrected chi connectivity index (χ1v) is 8.35. The second-order valence-corrected chi connectivity index (χ2v) is 7.49. The molecule has 0 aliphatic carbocycles. The maximum atomic E-state index is 12.2. The van der Waals surface area contributed by atoms with Crippen molar-refractivity contribution in [3.63, 3.8) is 0 Å². The average Bonchev–Trinajstić information content (AvgIpc) is 2.81. The minimum Gasteiger partial charge on any atom is -0.458 e. The molecule has 1 atom stereocenters. The largest absolute Gasteiger partial charge is 0.458 e. The number of rotatable bonds is 5. The van der Waals surface area contributed by atoms with Gasteiger partial charge in [-0.25, -0.2) is 4.79 Å². The fraction of sp³-hybridized carbons (Fsp3) is 0.800. The number of carbonyl (C=O) groups is 3. The van der Waals surface area contributed by atoms with E-state index in [0.717, 1.165) is 6.42 Å². The van der Waals surface area contributed by atoms with Crippen molar-refractivity contribution in [1.82, 2.24) is 4.90 Å². The molecule has 0 unspecified atom stereocenters. The number of hydrogen-bond donors (Lipinski definition) is 0. The van der Waals surface area contributed by atoms with Gasteiger partial charge in [0.15, 0.2) is 5.12 Å². The van der Waals surface area contributed by atoms with Gasteiger partial charge in [0, 0.05) is 25.6 Å². The molecule has 1 aliphatic rings. The smallest absolute Gasteiger partial charge is 0.329 e. The lowest BCUT2D eigenvalue weighted by atomic mass is 10.1. The average molecular weight is 315 g/mol. The van der Waals surface area contributed by atoms with Crippen molar-refractivity contribution in [2.24, 2.45) is 0 Å². The molecule has 6 heteroatoms. The van der Waals surface area contributed by atoms with Crippen molar-refractivity contribution in [1.29, 1.82) is 0 Å². The highest BCUT2D eigenvalue weighted by atomic mass is 32.2. The van der Waals surface area contributed by atoms with Gasteiger partial charge in [0.2, 0.25) is 5.91 Å². The van der Waals surface area contributed by atoms with Gasteiger partial charge in [-0.2, -0.15) is 0 Å². The molecule has 1 amide bonds. The van der Waals surface area contributed by atoms with E-state index < -0.39 is 11.6 Å². The zero-order chi connectivity index (χ0) is 16.0. The van der Waals surface area contributed by atoms with Crippen LogP contribution in [-0.2, 0) is 19.1 Å². The van der Waals surface area contributed by atoms with Gasteiger partial charge in [-0.05, 0) is 40.0 Å². The number of hydrogen-bond acceptors (Lipinski definition) is 5. The van der Waals surface area contributed by atoms with Gasteiger partial charge in [-0.3, -0.25) is 9.59 Å². The van der Waals surface area contributed by atoms with Crippen LogP contribution in [0, 0.1) is 0 Å². The normalized spacial score (nSPS) is 18.7. The molecular formula is C15H25NO4S. The number of esters is 1. The Hall–Kier alpha value is -1.04. The second-order valence-electron chi connectivity index (χ2n) is 6.22. The highest BCUT2D eigenvalue weighted by molar-refractivity contribution is 8.13. The van der Waals surface area contributed by atoms with Crippen LogP contribution in [0.3, 0.4) is 0 Å². The lowest BCUT2D eigenvalue weighted by Gasteiger charge is -2.27. The summed E-state index contributed by atoms with van der Waals surface area (Å²) in [6.07, 6.45) is 2.53. The molecule has 1 saturated heterocycles. The molecule has 0 spiro atoms. The summed E-state index contributed by atoms with van der Waals surface area (Å²) < 4.78 is 5.38. The van der Waals surface area contributed by atoms with Crippen LogP contribution in [-0.4, -0.2) is 45.8 Å². The van der Waals surface area contributed by atoms with Gasteiger partial charge in [0.1, 0.15) is 11.6 Å². The number of amides is 1. The van der Waals surface area contributed by atoms with E-state index >= 15 is 0 Å². The van der Waals surface area contributed by atoms with E-state index in [1.54, 1.807) is 4.90 Å². The van der Waals surface area contributed by atoms with Crippen LogP contribution in [0.25, 0.3) is 0 Å². The van der Waals surface area contributed by atoms with Crippen LogP contribution in [0.1, 0.15) is 53.4 Å². The molecule has 1 heterocycles. The second kappa shape index (κ2) is 7.82. The van der Waals surface area contributed by atoms with E-state index in [9.17, 15) is 14.4 Å². The molecule has 0 aromatic heterocycles. The third kappa shape index (κ3) is 6.50. The van der Waals surface area contributed by atoms with Crippen LogP contribution in [0.5, 0.6) is 0 Å². The summed E-state index contributed by atoms with van der Waals surface area (Å²) in [6.45, 7) is 7.61. The molecule has 0 bridgehead atoms. The van der Waals surface area contributed by atoms with E-state index in [2.05, 4.69) is 0 Å². The molecule has 21 heavy (non-hydrogen) atoms. The highest BCUT2D eigenvalue weighted by Gasteiger charge is 2.36. The van der Waals surface area contributed by atoms with Gasteiger partial charge < -0.3 is 9.64 Å². The fourth-order valence-electron chi connectivity index (χ4n) is 2.26. The summed E-state index contributed by atoms with van der Waals surface area (Å²) in [5.41, 5.74) is -0.535. The minimum absolute atomic E-state index is 0.0208. The first-order chi connectivity index (χ1) is 9.70. The van der Waals surface area contributed by atoms with Crippen molar-refractivity contribution in [2.45, 2.75) is 65.0 Å². The Morgan fingerprint density at radius 3 is 2.52 bits per heavy atom. The van der Waals surface area contributed by atoms with Crippen LogP contribution < -0.4 is 0 Å². The predicted octanol–water partition coefficient (Wildman–Crippen LogP) is 2.38. The van der Waals surface area contributed by atoms with E-state index in [0.29, 0.717) is 31.6 Å². The van der Waals surface area contributed by atoms with E-state index in [4.69, 9.17) is 4.74 Å². The maximum absolute atomic E-state index is 12.2. The Bertz CT molecular complexity index is 403. The third-order valence-corrected chi connectivity index (χ3v) is 3.99. The number of ether oxygens (including phenoxy) is 1. The first-order valence-electron chi connectivity index (χ1n) is 7.36. The van der Waals surface area contributed by atoms with Crippen molar-refractivity contribution >= 4 is 28.8 Å². The van der Waals surface area contributed by atoms with Crippen molar-refractivity contribution in [3.8, 4) is 0 Å². The molecule has 0 radical (unpaired) electrons. The summed E-state index contributed by atoms with van der Waals surface area (Å²) in [6, 6.07) is -0.447. The zero-order valence-corrected chi connectivity index (χ0v) is 14.1. The minimum atomic E-state index is -0.535. The molecule has 0 saturated carbocycles. The van der Waals surface area contributed by atoms with Crippen LogP contribution in [0.2, 0.25) is 0 Å². The third-order valence-electron chi connectivity index (χ3n) is 3.09. The Morgan fingerprint density at radius 2 is 1.95 bits per heavy atom. The number of nitrogens with zero attached hydrogens (tertiary/aromatic N) is 1. The Morgan fingerprint density at radius 1 is 1.29 bits per heavy atom. The number of carbonyl (C=O) groups excluding carboxylic acids is 3. The maximum Gasteiger partial charge on any atom is 0.329 e. The lowest BCUT2D eigenvalue weighted by molar-refractivity contribution is -0.163. The summed E-state index contributed by atoms with van der Waals surface area (Å²) >= 11 is 1.23. The van der Waals surface area contributed by atoms with Gasteiger partial charge in [0.25, 0.3) is 0 Å². The summed E-state index contributed by atoms with van der Waals surface area (Å²) in [7, 11) is 0. The van der Waals surface area contributed by atoms with Crippen molar-refractivity contribution in [2.75, 3.05) is 12.3 Å². The van der Waals surface area contributed by atoms with E-state index in [1.165, 1.54) is 18.7 Å². The topological polar surface area (TPSA) is 63.7 Å². The molecule has 1 fully saturated rings. The van der Waals surface area contributed by atoms with Crippen molar-refractivity contribution < 1.29 is 19.1 Å². The molecule has 120 valence electrons. The van der Waals surface area contributed by atoms with Gasteiger partial charge in [-0.1, -0.05) is 11.8 Å². The summed E-state index contributed by atoms with van der Waals surface area (Å²) in [5.74, 6) is 0.311. The zero-order valence-electron chi connectivity index (χ0n) is 13.3. The standard InChI is InChI=1S/C15H25NO4S/c1-11(17)21-10-6-8-13(18)16-9-5-7-12(16)14(19)20-15(2,3)4/h12H,5-10H2,1-4H3/t12-/m0/s1. The monoisotopic (exact) mass is 315 g/mol. The lowest BCUT2D eigenvalue weighted by Crippen LogP contribution is -2.43. The Kier molecular flexibility index (Phi) is 6.71. The Balaban J connectivity index is 2.46. The van der Waals surface area contributed by atoms with Crippen LogP contribution in [0.15, 0.2) is 0 Å². The first kappa shape index (κ1) is 18.0. The predicted molar refractivity (Wildman–Crippen MR) is 83.0 cm³/mol. The van der Waals surface area contributed by atoms with Crippen molar-refractivity contribution in [3.05, 3.63) is 0 Å². The van der Waals surface area contributed by atoms with E-state index in [-0.39, 0.29) is 17.0 Å². The SMILES string of the molecule is CC(=O)SCCCC(=O)N1CCC[C@H]1C(=O)OC(C)(C)C. The number of likely N-dealkylation sites (tertiary alicyclic amines) is 1. The quantitative estimate of drug-likeness (QED) is 0.576. The molecule has 1 aliphatic heterocycles. The summed E-state index contributed by atoms with van der Waals surface area (Å²) in [4.78, 5) is 36.8.